The first-order valence-electron chi connectivity index (χ1n) is 5.11. The van der Waals surface area contributed by atoms with Crippen LogP contribution < -0.4 is 4.74 Å². The third-order valence-electron chi connectivity index (χ3n) is 2.22. The Hall–Kier alpha value is -2.21. The van der Waals surface area contributed by atoms with Gasteiger partial charge in [-0.25, -0.2) is 0 Å². The maximum Gasteiger partial charge on any atom is 0.423 e. The van der Waals surface area contributed by atoms with Gasteiger partial charge in [-0.1, -0.05) is 18.2 Å². The molecule has 0 N–H and O–H groups in total. The van der Waals surface area contributed by atoms with E-state index in [-0.39, 0.29) is 5.13 Å². The molecule has 0 aliphatic carbocycles. The molecule has 0 aliphatic heterocycles. The molecule has 1 heterocycles. The van der Waals surface area contributed by atoms with Crippen LogP contribution in [0, 0.1) is 10.1 Å². The van der Waals surface area contributed by atoms with Crippen LogP contribution in [0.15, 0.2) is 30.5 Å². The largest absolute Gasteiger partial charge is 0.497 e. The number of nitro groups is 1. The van der Waals surface area contributed by atoms with Crippen molar-refractivity contribution >= 4 is 28.6 Å². The molecular weight excluding hydrogens is 252 g/mol. The van der Waals surface area contributed by atoms with Crippen LogP contribution in [-0.2, 0) is 0 Å². The van der Waals surface area contributed by atoms with Crippen LogP contribution >= 0.6 is 11.3 Å². The third-order valence-corrected chi connectivity index (χ3v) is 3.14. The van der Waals surface area contributed by atoms with Crippen molar-refractivity contribution < 1.29 is 9.66 Å². The van der Waals surface area contributed by atoms with Gasteiger partial charge < -0.3 is 14.9 Å². The Kier molecular flexibility index (Phi) is 3.69. The van der Waals surface area contributed by atoms with Crippen LogP contribution in [0.4, 0.5) is 5.13 Å². The van der Waals surface area contributed by atoms with Gasteiger partial charge in [-0.05, 0) is 45.0 Å². The zero-order valence-corrected chi connectivity index (χ0v) is 10.4. The van der Waals surface area contributed by atoms with E-state index in [2.05, 4.69) is 4.98 Å². The van der Waals surface area contributed by atoms with E-state index in [0.29, 0.717) is 0 Å². The fourth-order valence-electron chi connectivity index (χ4n) is 1.33. The Labute approximate surface area is 108 Å². The number of nitrogens with zero attached hydrogens (tertiary/aromatic N) is 2. The van der Waals surface area contributed by atoms with E-state index < -0.39 is 4.92 Å². The van der Waals surface area contributed by atoms with Gasteiger partial charge >= 0.3 is 5.13 Å². The standard InChI is InChI=1S/C12H10N2O3S/c1-17-10-5-2-9(3-6-10)4-7-11-8-13-12(18-11)14(15)16/h2-8H,1H3/b7-4+. The highest BCUT2D eigenvalue weighted by Gasteiger charge is 2.10. The molecule has 0 saturated heterocycles. The minimum absolute atomic E-state index is 0.0932. The lowest BCUT2D eigenvalue weighted by Crippen LogP contribution is -1.83. The lowest BCUT2D eigenvalue weighted by atomic mass is 10.2. The van der Waals surface area contributed by atoms with Crippen LogP contribution in [0.3, 0.4) is 0 Å². The molecular formula is C12H10N2O3S. The topological polar surface area (TPSA) is 65.3 Å². The van der Waals surface area contributed by atoms with E-state index in [0.717, 1.165) is 27.5 Å². The molecule has 0 spiro atoms. The highest BCUT2D eigenvalue weighted by atomic mass is 32.1. The lowest BCUT2D eigenvalue weighted by Gasteiger charge is -1.98. The summed E-state index contributed by atoms with van der Waals surface area (Å²) in [4.78, 5) is 14.4. The van der Waals surface area contributed by atoms with E-state index in [9.17, 15) is 10.1 Å². The first kappa shape index (κ1) is 12.3. The highest BCUT2D eigenvalue weighted by molar-refractivity contribution is 7.15. The van der Waals surface area contributed by atoms with E-state index in [1.807, 2.05) is 30.3 Å². The molecule has 0 fully saturated rings. The molecule has 2 aromatic rings. The van der Waals surface area contributed by atoms with Gasteiger partial charge in [-0.3, -0.25) is 0 Å². The van der Waals surface area contributed by atoms with Crippen molar-refractivity contribution in [3.05, 3.63) is 51.0 Å². The normalized spacial score (nSPS) is 10.7. The molecule has 0 saturated carbocycles. The molecule has 1 aromatic heterocycles. The Balaban J connectivity index is 2.11. The fourth-order valence-corrected chi connectivity index (χ4v) is 1.96. The number of rotatable bonds is 4. The second kappa shape index (κ2) is 5.42. The maximum atomic E-state index is 10.5. The quantitative estimate of drug-likeness (QED) is 0.626. The number of aromatic nitrogens is 1. The molecule has 6 heteroatoms. The SMILES string of the molecule is COc1ccc(/C=C/c2cnc([N+](=O)[O-])s2)cc1. The molecule has 0 atom stereocenters. The summed E-state index contributed by atoms with van der Waals surface area (Å²) in [5.74, 6) is 0.792. The van der Waals surface area contributed by atoms with Crippen LogP contribution in [0.5, 0.6) is 5.75 Å². The van der Waals surface area contributed by atoms with Gasteiger partial charge in [0.05, 0.1) is 12.0 Å². The van der Waals surface area contributed by atoms with Crippen molar-refractivity contribution in [1.82, 2.24) is 4.98 Å². The molecule has 2 rings (SSSR count). The minimum Gasteiger partial charge on any atom is -0.497 e. The van der Waals surface area contributed by atoms with E-state index in [4.69, 9.17) is 4.74 Å². The molecule has 0 aliphatic rings. The molecule has 0 unspecified atom stereocenters. The molecule has 92 valence electrons. The minimum atomic E-state index is -0.491. The van der Waals surface area contributed by atoms with Gasteiger partial charge in [0.2, 0.25) is 0 Å². The van der Waals surface area contributed by atoms with Crippen LogP contribution in [-0.4, -0.2) is 17.0 Å². The smallest absolute Gasteiger partial charge is 0.423 e. The van der Waals surface area contributed by atoms with E-state index in [1.165, 1.54) is 6.20 Å². The summed E-state index contributed by atoms with van der Waals surface area (Å²) in [6.45, 7) is 0. The summed E-state index contributed by atoms with van der Waals surface area (Å²) < 4.78 is 5.05. The van der Waals surface area contributed by atoms with Gasteiger partial charge in [0.15, 0.2) is 6.20 Å². The number of methoxy groups -OCH3 is 1. The van der Waals surface area contributed by atoms with Crippen LogP contribution in [0.1, 0.15) is 10.4 Å². The Bertz CT molecular complexity index is 575. The van der Waals surface area contributed by atoms with Crippen molar-refractivity contribution in [2.75, 3.05) is 7.11 Å². The molecule has 0 bridgehead atoms. The van der Waals surface area contributed by atoms with Gasteiger partial charge in [0, 0.05) is 0 Å². The third kappa shape index (κ3) is 2.92. The van der Waals surface area contributed by atoms with E-state index in [1.54, 1.807) is 13.2 Å². The summed E-state index contributed by atoms with van der Waals surface area (Å²) in [7, 11) is 1.61. The Morgan fingerprint density at radius 2 is 2.06 bits per heavy atom. The van der Waals surface area contributed by atoms with Crippen molar-refractivity contribution in [2.45, 2.75) is 0 Å². The molecule has 1 aromatic carbocycles. The number of ether oxygens (including phenoxy) is 1. The van der Waals surface area contributed by atoms with Gasteiger partial charge in [0.1, 0.15) is 5.75 Å². The van der Waals surface area contributed by atoms with Crippen LogP contribution in [0.25, 0.3) is 12.2 Å². The summed E-state index contributed by atoms with van der Waals surface area (Å²) in [5.41, 5.74) is 0.992. The first-order valence-corrected chi connectivity index (χ1v) is 5.93. The van der Waals surface area contributed by atoms with Gasteiger partial charge in [0.25, 0.3) is 0 Å². The number of benzene rings is 1. The number of hydrogen-bond donors (Lipinski definition) is 0. The average molecular weight is 262 g/mol. The van der Waals surface area contributed by atoms with Crippen molar-refractivity contribution in [2.24, 2.45) is 0 Å². The monoisotopic (exact) mass is 262 g/mol. The van der Waals surface area contributed by atoms with Crippen molar-refractivity contribution in [3.63, 3.8) is 0 Å². The summed E-state index contributed by atoms with van der Waals surface area (Å²) >= 11 is 1.05. The lowest BCUT2D eigenvalue weighted by molar-refractivity contribution is -0.384. The second-order valence-corrected chi connectivity index (χ2v) is 4.45. The average Bonchev–Trinajstić information content (AvgIpc) is 2.86. The zero-order chi connectivity index (χ0) is 13.0. The zero-order valence-electron chi connectivity index (χ0n) is 9.57. The van der Waals surface area contributed by atoms with Crippen molar-refractivity contribution in [3.8, 4) is 5.75 Å². The predicted molar refractivity (Wildman–Crippen MR) is 70.7 cm³/mol. The summed E-state index contributed by atoms with van der Waals surface area (Å²) in [5, 5.41) is 10.4. The Morgan fingerprint density at radius 3 is 2.61 bits per heavy atom. The van der Waals surface area contributed by atoms with Gasteiger partial charge in [-0.2, -0.15) is 0 Å². The fraction of sp³-hybridized carbons (Fsp3) is 0.0833. The maximum absolute atomic E-state index is 10.5. The number of hydrogen-bond acceptors (Lipinski definition) is 5. The molecule has 5 nitrogen and oxygen atoms in total. The Morgan fingerprint density at radius 1 is 1.33 bits per heavy atom. The van der Waals surface area contributed by atoms with Crippen molar-refractivity contribution in [1.29, 1.82) is 0 Å². The summed E-state index contributed by atoms with van der Waals surface area (Å²) in [6, 6.07) is 7.53. The van der Waals surface area contributed by atoms with Gasteiger partial charge in [-0.15, -0.1) is 0 Å². The summed E-state index contributed by atoms with van der Waals surface area (Å²) in [6.07, 6.45) is 5.16. The number of thiazole rings is 1. The molecule has 0 radical (unpaired) electrons. The van der Waals surface area contributed by atoms with Crippen LogP contribution in [0.2, 0.25) is 0 Å². The molecule has 0 amide bonds. The molecule has 18 heavy (non-hydrogen) atoms. The first-order chi connectivity index (χ1) is 8.69. The second-order valence-electron chi connectivity index (χ2n) is 3.41. The van der Waals surface area contributed by atoms with E-state index >= 15 is 0 Å². The predicted octanol–water partition coefficient (Wildman–Crippen LogP) is 3.23. The highest BCUT2D eigenvalue weighted by Crippen LogP contribution is 2.22.